The summed E-state index contributed by atoms with van der Waals surface area (Å²) in [5.74, 6) is -0.755. The van der Waals surface area contributed by atoms with Gasteiger partial charge in [-0.2, -0.15) is 0 Å². The van der Waals surface area contributed by atoms with Crippen LogP contribution >= 0.6 is 24.0 Å². The van der Waals surface area contributed by atoms with E-state index in [1.54, 1.807) is 19.3 Å². The second kappa shape index (κ2) is 7.24. The summed E-state index contributed by atoms with van der Waals surface area (Å²) in [6, 6.07) is 7.48. The molecule has 0 spiro atoms. The zero-order valence-corrected chi connectivity index (χ0v) is 13.3. The maximum absolute atomic E-state index is 12.0. The SMILES string of the molecule is COc1ccccc1/C=C/C=C1/SC(=S)N(CC(=O)O)C1=O. The van der Waals surface area contributed by atoms with E-state index in [1.165, 1.54) is 0 Å². The molecule has 0 aromatic heterocycles. The van der Waals surface area contributed by atoms with Crippen LogP contribution in [0.4, 0.5) is 0 Å². The van der Waals surface area contributed by atoms with E-state index in [0.29, 0.717) is 4.91 Å². The molecule has 1 fully saturated rings. The van der Waals surface area contributed by atoms with Gasteiger partial charge >= 0.3 is 5.97 Å². The minimum atomic E-state index is -1.10. The molecule has 5 nitrogen and oxygen atoms in total. The number of carbonyl (C=O) groups excluding carboxylic acids is 1. The van der Waals surface area contributed by atoms with Crippen molar-refractivity contribution in [2.75, 3.05) is 13.7 Å². The van der Waals surface area contributed by atoms with Gasteiger partial charge < -0.3 is 9.84 Å². The number of ether oxygens (including phenoxy) is 1. The first-order valence-electron chi connectivity index (χ1n) is 6.29. The second-order valence-electron chi connectivity index (χ2n) is 4.28. The molecule has 7 heteroatoms. The van der Waals surface area contributed by atoms with Crippen molar-refractivity contribution < 1.29 is 19.4 Å². The smallest absolute Gasteiger partial charge is 0.323 e. The van der Waals surface area contributed by atoms with E-state index in [1.807, 2.05) is 30.3 Å². The van der Waals surface area contributed by atoms with E-state index in [4.69, 9.17) is 22.1 Å². The van der Waals surface area contributed by atoms with Gasteiger partial charge in [0.05, 0.1) is 12.0 Å². The normalized spacial score (nSPS) is 16.8. The predicted molar refractivity (Wildman–Crippen MR) is 89.6 cm³/mol. The quantitative estimate of drug-likeness (QED) is 0.659. The summed E-state index contributed by atoms with van der Waals surface area (Å²) in [5, 5.41) is 8.77. The lowest BCUT2D eigenvalue weighted by atomic mass is 10.2. The van der Waals surface area contributed by atoms with Gasteiger partial charge in [-0.15, -0.1) is 0 Å². The average Bonchev–Trinajstić information content (AvgIpc) is 2.75. The third-order valence-electron chi connectivity index (χ3n) is 2.83. The molecular weight excluding hydrogens is 322 g/mol. The number of carboxylic acid groups (broad SMARTS) is 1. The van der Waals surface area contributed by atoms with Crippen LogP contribution in [0.5, 0.6) is 5.75 Å². The Bertz CT molecular complexity index is 682. The first-order chi connectivity index (χ1) is 10.5. The zero-order valence-electron chi connectivity index (χ0n) is 11.7. The van der Waals surface area contributed by atoms with E-state index in [0.717, 1.165) is 28.0 Å². The highest BCUT2D eigenvalue weighted by molar-refractivity contribution is 8.26. The summed E-state index contributed by atoms with van der Waals surface area (Å²) in [4.78, 5) is 24.2. The Morgan fingerprint density at radius 2 is 2.18 bits per heavy atom. The van der Waals surface area contributed by atoms with Crippen LogP contribution in [0.3, 0.4) is 0 Å². The molecule has 1 saturated heterocycles. The summed E-state index contributed by atoms with van der Waals surface area (Å²) in [6.45, 7) is -0.418. The molecule has 0 saturated carbocycles. The Hall–Kier alpha value is -2.12. The minimum absolute atomic E-state index is 0.254. The topological polar surface area (TPSA) is 66.8 Å². The Kier molecular flexibility index (Phi) is 5.35. The summed E-state index contributed by atoms with van der Waals surface area (Å²) in [6.07, 6.45) is 5.14. The van der Waals surface area contributed by atoms with Gasteiger partial charge in [-0.05, 0) is 12.1 Å². The number of hydrogen-bond donors (Lipinski definition) is 1. The number of hydrogen-bond acceptors (Lipinski definition) is 5. The second-order valence-corrected chi connectivity index (χ2v) is 5.96. The van der Waals surface area contributed by atoms with Crippen molar-refractivity contribution in [1.82, 2.24) is 4.90 Å². The molecule has 0 aliphatic carbocycles. The van der Waals surface area contributed by atoms with Crippen LogP contribution in [0.1, 0.15) is 5.56 Å². The molecule has 1 aliphatic rings. The Morgan fingerprint density at radius 3 is 2.86 bits per heavy atom. The number of carboxylic acids is 1. The van der Waals surface area contributed by atoms with E-state index in [9.17, 15) is 9.59 Å². The molecule has 1 N–H and O–H groups in total. The van der Waals surface area contributed by atoms with Gasteiger partial charge in [0.2, 0.25) is 0 Å². The number of allylic oxidation sites excluding steroid dienone is 2. The van der Waals surface area contributed by atoms with Crippen molar-refractivity contribution >= 4 is 46.3 Å². The number of nitrogens with zero attached hydrogens (tertiary/aromatic N) is 1. The van der Waals surface area contributed by atoms with Crippen molar-refractivity contribution in [3.05, 3.63) is 46.9 Å². The predicted octanol–water partition coefficient (Wildman–Crippen LogP) is 2.54. The third kappa shape index (κ3) is 3.75. The summed E-state index contributed by atoms with van der Waals surface area (Å²) in [7, 11) is 1.59. The van der Waals surface area contributed by atoms with Gasteiger partial charge in [-0.3, -0.25) is 14.5 Å². The summed E-state index contributed by atoms with van der Waals surface area (Å²) >= 11 is 6.11. The monoisotopic (exact) mass is 335 g/mol. The molecule has 0 atom stereocenters. The van der Waals surface area contributed by atoms with Gasteiger partial charge in [0.1, 0.15) is 16.6 Å². The first kappa shape index (κ1) is 16.3. The highest BCUT2D eigenvalue weighted by atomic mass is 32.2. The maximum Gasteiger partial charge on any atom is 0.323 e. The van der Waals surface area contributed by atoms with Crippen LogP contribution < -0.4 is 4.74 Å². The van der Waals surface area contributed by atoms with Crippen LogP contribution in [-0.2, 0) is 9.59 Å². The first-order valence-corrected chi connectivity index (χ1v) is 7.52. The fourth-order valence-corrected chi connectivity index (χ4v) is 3.04. The van der Waals surface area contributed by atoms with Crippen LogP contribution in [0.2, 0.25) is 0 Å². The van der Waals surface area contributed by atoms with Gasteiger partial charge in [0, 0.05) is 5.56 Å². The number of thiocarbonyl (C=S) groups is 1. The molecular formula is C15H13NO4S2. The Labute approximate surface area is 137 Å². The Morgan fingerprint density at radius 1 is 1.45 bits per heavy atom. The summed E-state index contributed by atoms with van der Waals surface area (Å²) in [5.41, 5.74) is 0.877. The molecule has 0 radical (unpaired) electrons. The van der Waals surface area contributed by atoms with Crippen molar-refractivity contribution in [3.8, 4) is 5.75 Å². The van der Waals surface area contributed by atoms with Crippen molar-refractivity contribution in [2.24, 2.45) is 0 Å². The minimum Gasteiger partial charge on any atom is -0.496 e. The zero-order chi connectivity index (χ0) is 16.1. The fraction of sp³-hybridized carbons (Fsp3) is 0.133. The number of carbonyl (C=O) groups is 2. The number of amides is 1. The molecule has 1 heterocycles. The molecule has 0 bridgehead atoms. The number of rotatable bonds is 5. The standard InChI is InChI=1S/C15H13NO4S2/c1-20-11-7-3-2-5-10(11)6-4-8-12-14(19)16(9-13(17)18)15(21)22-12/h2-8H,9H2,1H3,(H,17,18)/b6-4+,12-8+. The van der Waals surface area contributed by atoms with Crippen LogP contribution in [0.25, 0.3) is 6.08 Å². The van der Waals surface area contributed by atoms with Crippen LogP contribution in [0.15, 0.2) is 41.3 Å². The molecule has 22 heavy (non-hydrogen) atoms. The van der Waals surface area contributed by atoms with Gasteiger partial charge in [-0.25, -0.2) is 0 Å². The summed E-state index contributed by atoms with van der Waals surface area (Å²) < 4.78 is 5.48. The molecule has 1 amide bonds. The molecule has 2 rings (SSSR count). The molecule has 1 aromatic carbocycles. The third-order valence-corrected chi connectivity index (χ3v) is 4.23. The lowest BCUT2D eigenvalue weighted by Gasteiger charge is -2.09. The molecule has 1 aromatic rings. The number of methoxy groups -OCH3 is 1. The van der Waals surface area contributed by atoms with E-state index < -0.39 is 12.5 Å². The average molecular weight is 335 g/mol. The van der Waals surface area contributed by atoms with Crippen LogP contribution in [-0.4, -0.2) is 39.9 Å². The van der Waals surface area contributed by atoms with Crippen molar-refractivity contribution in [2.45, 2.75) is 0 Å². The van der Waals surface area contributed by atoms with Gasteiger partial charge in [0.25, 0.3) is 5.91 Å². The number of aliphatic carboxylic acids is 1. The van der Waals surface area contributed by atoms with Gasteiger partial charge in [-0.1, -0.05) is 54.3 Å². The molecule has 114 valence electrons. The van der Waals surface area contributed by atoms with Crippen molar-refractivity contribution in [1.29, 1.82) is 0 Å². The van der Waals surface area contributed by atoms with Crippen LogP contribution in [0, 0.1) is 0 Å². The highest BCUT2D eigenvalue weighted by Gasteiger charge is 2.32. The van der Waals surface area contributed by atoms with Gasteiger partial charge in [0.15, 0.2) is 0 Å². The Balaban J connectivity index is 2.14. The van der Waals surface area contributed by atoms with Crippen molar-refractivity contribution in [3.63, 3.8) is 0 Å². The molecule has 0 unspecified atom stereocenters. The highest BCUT2D eigenvalue weighted by Crippen LogP contribution is 2.30. The van der Waals surface area contributed by atoms with E-state index in [2.05, 4.69) is 0 Å². The lowest BCUT2D eigenvalue weighted by molar-refractivity contribution is -0.140. The fourth-order valence-electron chi connectivity index (χ4n) is 1.83. The number of benzene rings is 1. The number of para-hydroxylation sites is 1. The number of thioether (sulfide) groups is 1. The maximum atomic E-state index is 12.0. The molecule has 1 aliphatic heterocycles. The largest absolute Gasteiger partial charge is 0.496 e. The lowest BCUT2D eigenvalue weighted by Crippen LogP contribution is -2.33. The van der Waals surface area contributed by atoms with E-state index >= 15 is 0 Å². The van der Waals surface area contributed by atoms with E-state index in [-0.39, 0.29) is 10.2 Å².